The Bertz CT molecular complexity index is 271. The third-order valence-electron chi connectivity index (χ3n) is 5.06. The Morgan fingerprint density at radius 1 is 1.14 bits per heavy atom. The Balaban J connectivity index is 2.85. The van der Waals surface area contributed by atoms with Gasteiger partial charge in [0.25, 0.3) is 0 Å². The lowest BCUT2D eigenvalue weighted by Crippen LogP contribution is -2.53. The van der Waals surface area contributed by atoms with Crippen LogP contribution in [0.25, 0.3) is 0 Å². The first-order valence-corrected chi connectivity index (χ1v) is 9.28. The molecule has 0 heterocycles. The quantitative estimate of drug-likeness (QED) is 0.679. The number of hydrogen-bond acceptors (Lipinski definition) is 2. The van der Waals surface area contributed by atoms with Crippen molar-refractivity contribution in [3.63, 3.8) is 0 Å². The third-order valence-corrected chi connectivity index (χ3v) is 5.06. The molecule has 0 aromatic carbocycles. The van der Waals surface area contributed by atoms with E-state index in [0.29, 0.717) is 12.1 Å². The lowest BCUT2D eigenvalue weighted by atomic mass is 9.71. The zero-order chi connectivity index (χ0) is 15.9. The van der Waals surface area contributed by atoms with E-state index < -0.39 is 0 Å². The van der Waals surface area contributed by atoms with E-state index >= 15 is 0 Å². The summed E-state index contributed by atoms with van der Waals surface area (Å²) in [7, 11) is 0. The van der Waals surface area contributed by atoms with E-state index in [2.05, 4.69) is 46.9 Å². The standard InChI is InChI=1S/C19H39NO/c1-7-13-20-17(18(21-9-3)19(4,5)6)16-12-10-11-15(8-2)14-16/h15-18,20H,7-14H2,1-6H3. The minimum Gasteiger partial charge on any atom is -0.376 e. The maximum Gasteiger partial charge on any atom is 0.0778 e. The van der Waals surface area contributed by atoms with Crippen molar-refractivity contribution in [2.45, 2.75) is 92.2 Å². The van der Waals surface area contributed by atoms with Crippen LogP contribution in [0, 0.1) is 17.3 Å². The summed E-state index contributed by atoms with van der Waals surface area (Å²) in [6, 6.07) is 0.513. The topological polar surface area (TPSA) is 21.3 Å². The Morgan fingerprint density at radius 3 is 2.38 bits per heavy atom. The molecule has 1 aliphatic rings. The summed E-state index contributed by atoms with van der Waals surface area (Å²) >= 11 is 0. The SMILES string of the molecule is CCCNC(C1CCCC(CC)C1)C(OCC)C(C)(C)C. The zero-order valence-electron chi connectivity index (χ0n) is 15.4. The normalized spacial score (nSPS) is 26.6. The second kappa shape index (κ2) is 9.15. The van der Waals surface area contributed by atoms with Crippen LogP contribution < -0.4 is 5.32 Å². The van der Waals surface area contributed by atoms with E-state index in [1.54, 1.807) is 0 Å². The molecule has 2 heteroatoms. The number of hydrogen-bond donors (Lipinski definition) is 1. The average molecular weight is 298 g/mol. The van der Waals surface area contributed by atoms with Gasteiger partial charge in [-0.1, -0.05) is 53.9 Å². The van der Waals surface area contributed by atoms with Crippen LogP contribution in [-0.2, 0) is 4.74 Å². The summed E-state index contributed by atoms with van der Waals surface area (Å²) in [5, 5.41) is 3.85. The lowest BCUT2D eigenvalue weighted by Gasteiger charge is -2.43. The molecule has 1 fully saturated rings. The highest BCUT2D eigenvalue weighted by Gasteiger charge is 2.38. The molecule has 1 aliphatic carbocycles. The molecule has 0 amide bonds. The van der Waals surface area contributed by atoms with E-state index in [4.69, 9.17) is 4.74 Å². The smallest absolute Gasteiger partial charge is 0.0778 e. The van der Waals surface area contributed by atoms with E-state index in [1.807, 2.05) is 0 Å². The summed E-state index contributed by atoms with van der Waals surface area (Å²) in [5.74, 6) is 1.71. The predicted octanol–water partition coefficient (Wildman–Crippen LogP) is 5.02. The van der Waals surface area contributed by atoms with Gasteiger partial charge in [-0.15, -0.1) is 0 Å². The molecule has 0 spiro atoms. The summed E-state index contributed by atoms with van der Waals surface area (Å²) < 4.78 is 6.23. The van der Waals surface area contributed by atoms with Gasteiger partial charge in [-0.05, 0) is 50.0 Å². The molecule has 0 aromatic heterocycles. The zero-order valence-corrected chi connectivity index (χ0v) is 15.4. The fraction of sp³-hybridized carbons (Fsp3) is 1.00. The average Bonchev–Trinajstić information content (AvgIpc) is 2.45. The molecule has 0 radical (unpaired) electrons. The van der Waals surface area contributed by atoms with Crippen LogP contribution in [-0.4, -0.2) is 25.3 Å². The fourth-order valence-corrected chi connectivity index (χ4v) is 3.93. The van der Waals surface area contributed by atoms with Gasteiger partial charge in [0.2, 0.25) is 0 Å². The van der Waals surface area contributed by atoms with Crippen LogP contribution in [0.15, 0.2) is 0 Å². The fourth-order valence-electron chi connectivity index (χ4n) is 3.93. The second-order valence-corrected chi connectivity index (χ2v) is 7.92. The predicted molar refractivity (Wildman–Crippen MR) is 92.7 cm³/mol. The van der Waals surface area contributed by atoms with Gasteiger partial charge < -0.3 is 10.1 Å². The largest absolute Gasteiger partial charge is 0.376 e. The number of nitrogens with one attached hydrogen (secondary N) is 1. The van der Waals surface area contributed by atoms with E-state index in [0.717, 1.165) is 25.0 Å². The molecular formula is C19H39NO. The molecule has 0 aromatic rings. The van der Waals surface area contributed by atoms with Crippen LogP contribution in [0.4, 0.5) is 0 Å². The molecule has 1 rings (SSSR count). The summed E-state index contributed by atoms with van der Waals surface area (Å²) in [6.07, 6.45) is 8.44. The van der Waals surface area contributed by atoms with Gasteiger partial charge in [-0.2, -0.15) is 0 Å². The van der Waals surface area contributed by atoms with Gasteiger partial charge in [0, 0.05) is 12.6 Å². The van der Waals surface area contributed by atoms with Crippen molar-refractivity contribution >= 4 is 0 Å². The van der Waals surface area contributed by atoms with Crippen molar-refractivity contribution in [1.29, 1.82) is 0 Å². The Morgan fingerprint density at radius 2 is 1.86 bits per heavy atom. The first-order chi connectivity index (χ1) is 9.93. The first kappa shape index (κ1) is 19.0. The van der Waals surface area contributed by atoms with Crippen LogP contribution in [0.3, 0.4) is 0 Å². The van der Waals surface area contributed by atoms with Gasteiger partial charge in [0.15, 0.2) is 0 Å². The van der Waals surface area contributed by atoms with Gasteiger partial charge in [-0.3, -0.25) is 0 Å². The van der Waals surface area contributed by atoms with Crippen LogP contribution in [0.2, 0.25) is 0 Å². The van der Waals surface area contributed by atoms with Gasteiger partial charge in [-0.25, -0.2) is 0 Å². The molecule has 2 nitrogen and oxygen atoms in total. The monoisotopic (exact) mass is 297 g/mol. The van der Waals surface area contributed by atoms with Crippen molar-refractivity contribution in [2.75, 3.05) is 13.2 Å². The van der Waals surface area contributed by atoms with Crippen molar-refractivity contribution in [1.82, 2.24) is 5.32 Å². The molecular weight excluding hydrogens is 258 g/mol. The van der Waals surface area contributed by atoms with Gasteiger partial charge in [0.1, 0.15) is 0 Å². The van der Waals surface area contributed by atoms with E-state index in [9.17, 15) is 0 Å². The maximum atomic E-state index is 6.23. The minimum atomic E-state index is 0.195. The Hall–Kier alpha value is -0.0800. The first-order valence-electron chi connectivity index (χ1n) is 9.28. The lowest BCUT2D eigenvalue weighted by molar-refractivity contribution is -0.0550. The summed E-state index contributed by atoms with van der Waals surface area (Å²) in [5.41, 5.74) is 0.195. The van der Waals surface area contributed by atoms with Gasteiger partial charge >= 0.3 is 0 Å². The molecule has 21 heavy (non-hydrogen) atoms. The highest BCUT2D eigenvalue weighted by molar-refractivity contribution is 4.93. The molecule has 0 aliphatic heterocycles. The van der Waals surface area contributed by atoms with Crippen LogP contribution >= 0.6 is 0 Å². The van der Waals surface area contributed by atoms with Crippen LogP contribution in [0.1, 0.15) is 80.1 Å². The minimum absolute atomic E-state index is 0.195. The molecule has 0 bridgehead atoms. The third kappa shape index (κ3) is 5.90. The van der Waals surface area contributed by atoms with E-state index in [-0.39, 0.29) is 5.41 Å². The maximum absolute atomic E-state index is 6.23. The van der Waals surface area contributed by atoms with Crippen LogP contribution in [0.5, 0.6) is 0 Å². The number of rotatable bonds is 8. The van der Waals surface area contributed by atoms with Gasteiger partial charge in [0.05, 0.1) is 6.10 Å². The molecule has 4 atom stereocenters. The molecule has 126 valence electrons. The summed E-state index contributed by atoms with van der Waals surface area (Å²) in [4.78, 5) is 0. The summed E-state index contributed by atoms with van der Waals surface area (Å²) in [6.45, 7) is 15.6. The Labute approximate surface area is 133 Å². The molecule has 4 unspecified atom stereocenters. The molecule has 1 saturated carbocycles. The Kier molecular flexibility index (Phi) is 8.26. The number of ether oxygens (including phenoxy) is 1. The second-order valence-electron chi connectivity index (χ2n) is 7.92. The van der Waals surface area contributed by atoms with Crippen molar-refractivity contribution in [3.05, 3.63) is 0 Å². The molecule has 0 saturated heterocycles. The van der Waals surface area contributed by atoms with Crippen molar-refractivity contribution < 1.29 is 4.74 Å². The highest BCUT2D eigenvalue weighted by atomic mass is 16.5. The van der Waals surface area contributed by atoms with Crippen molar-refractivity contribution in [2.24, 2.45) is 17.3 Å². The van der Waals surface area contributed by atoms with E-state index in [1.165, 1.54) is 38.5 Å². The van der Waals surface area contributed by atoms with Crippen molar-refractivity contribution in [3.8, 4) is 0 Å². The highest BCUT2D eigenvalue weighted by Crippen LogP contribution is 2.37. The molecule has 1 N–H and O–H groups in total.